The molecule has 0 radical (unpaired) electrons. The number of rotatable bonds is 10. The zero-order valence-electron chi connectivity index (χ0n) is 24.0. The number of aliphatic hydroxyl groups excluding tert-OH is 1. The van der Waals surface area contributed by atoms with Crippen LogP contribution in [-0.2, 0) is 32.1 Å². The second-order valence-electron chi connectivity index (χ2n) is 11.7. The molecule has 11 heteroatoms. The highest BCUT2D eigenvalue weighted by Gasteiger charge is 2.54. The predicted molar refractivity (Wildman–Crippen MR) is 152 cm³/mol. The molecule has 2 aliphatic carbocycles. The summed E-state index contributed by atoms with van der Waals surface area (Å²) in [5, 5.41) is 23.6. The number of ether oxygens (including phenoxy) is 1. The van der Waals surface area contributed by atoms with Gasteiger partial charge in [-0.25, -0.2) is 0 Å². The molecule has 1 amide bonds. The van der Waals surface area contributed by atoms with Gasteiger partial charge in [-0.15, -0.1) is 0 Å². The molecule has 4 N–H and O–H groups in total. The Bertz CT molecular complexity index is 1470. The zero-order valence-corrected chi connectivity index (χ0v) is 24.0. The molecule has 1 heterocycles. The van der Waals surface area contributed by atoms with Crippen molar-refractivity contribution in [2.45, 2.75) is 44.9 Å². The first-order valence-corrected chi connectivity index (χ1v) is 14.4. The Labute approximate surface area is 243 Å². The number of aldehydes is 1. The van der Waals surface area contributed by atoms with E-state index in [1.807, 2.05) is 18.2 Å². The van der Waals surface area contributed by atoms with Crippen LogP contribution in [0.1, 0.15) is 41.3 Å². The van der Waals surface area contributed by atoms with Crippen molar-refractivity contribution in [2.75, 3.05) is 33.8 Å². The van der Waals surface area contributed by atoms with E-state index in [-0.39, 0.29) is 30.4 Å². The van der Waals surface area contributed by atoms with E-state index in [1.165, 1.54) is 7.11 Å². The van der Waals surface area contributed by atoms with Gasteiger partial charge in [-0.2, -0.15) is 0 Å². The first kappa shape index (κ1) is 29.8. The van der Waals surface area contributed by atoms with Gasteiger partial charge in [-0.3, -0.25) is 24.1 Å². The smallest absolute Gasteiger partial charge is 0.230 e. The largest absolute Gasteiger partial charge is 0.507 e. The highest BCUT2D eigenvalue weighted by Crippen LogP contribution is 2.49. The summed E-state index contributed by atoms with van der Waals surface area (Å²) in [4.78, 5) is 68.5. The van der Waals surface area contributed by atoms with Crippen molar-refractivity contribution in [3.05, 3.63) is 34.9 Å². The van der Waals surface area contributed by atoms with Gasteiger partial charge < -0.3 is 30.4 Å². The van der Waals surface area contributed by atoms with Crippen LogP contribution in [0.15, 0.2) is 18.2 Å². The summed E-state index contributed by atoms with van der Waals surface area (Å²) in [6.45, 7) is 4.82. The number of hydrogen-bond donors (Lipinski definition) is 3. The summed E-state index contributed by atoms with van der Waals surface area (Å²) in [5.74, 6) is -7.80. The number of aliphatic hydroxyl groups is 1. The van der Waals surface area contributed by atoms with Crippen molar-refractivity contribution in [3.63, 3.8) is 0 Å². The number of carbonyl (C=O) groups excluding carboxylic acids is 5. The monoisotopic (exact) mass is 579 g/mol. The number of Topliss-reactive ketones (excluding diaryl/α,β-unsaturated/α-hetero) is 3. The molecule has 2 fully saturated rings. The first-order valence-electron chi connectivity index (χ1n) is 14.4. The molecule has 2 aromatic rings. The molecule has 0 aromatic heterocycles. The fraction of sp³-hybridized carbons (Fsp3) is 0.516. The number of phenolic OH excluding ortho intramolecular Hbond substituents is 1. The van der Waals surface area contributed by atoms with Gasteiger partial charge in [0.15, 0.2) is 5.78 Å². The molecule has 3 aliphatic rings. The van der Waals surface area contributed by atoms with Crippen LogP contribution in [0.25, 0.3) is 10.8 Å². The molecule has 224 valence electrons. The maximum Gasteiger partial charge on any atom is 0.230 e. The highest BCUT2D eigenvalue weighted by molar-refractivity contribution is 6.44. The van der Waals surface area contributed by atoms with Crippen LogP contribution >= 0.6 is 0 Å². The van der Waals surface area contributed by atoms with Crippen LogP contribution in [0.5, 0.6) is 11.5 Å². The van der Waals surface area contributed by atoms with E-state index >= 15 is 0 Å². The Hall–Kier alpha value is -3.67. The Balaban J connectivity index is 1.56. The number of primary amides is 1. The molecule has 6 atom stereocenters. The maximum absolute atomic E-state index is 13.9. The van der Waals surface area contributed by atoms with Crippen molar-refractivity contribution in [1.29, 1.82) is 0 Å². The van der Waals surface area contributed by atoms with E-state index in [0.29, 0.717) is 35.2 Å². The van der Waals surface area contributed by atoms with Gasteiger partial charge in [0.05, 0.1) is 24.7 Å². The summed E-state index contributed by atoms with van der Waals surface area (Å²) < 4.78 is 5.79. The molecule has 42 heavy (non-hydrogen) atoms. The molecule has 1 aliphatic heterocycles. The van der Waals surface area contributed by atoms with E-state index in [1.54, 1.807) is 18.9 Å². The number of methoxy groups -OCH3 is 1. The summed E-state index contributed by atoms with van der Waals surface area (Å²) in [5.41, 5.74) is 6.78. The van der Waals surface area contributed by atoms with Crippen LogP contribution in [0.4, 0.5) is 0 Å². The minimum atomic E-state index is -1.64. The lowest BCUT2D eigenvalue weighted by Crippen LogP contribution is -2.59. The number of fused-ring (bicyclic) bond motifs is 3. The fourth-order valence-electron chi connectivity index (χ4n) is 7.04. The zero-order chi connectivity index (χ0) is 30.5. The number of phenols is 1. The SMILES string of the molecule is CCN(C)C(C1CC2Cc3c(c(O)c4cc(CN5CCC5)ccc4c3OC)C(=O)C2C(=O)C1=O)C(O)C(C=O)C(N)=O. The van der Waals surface area contributed by atoms with E-state index in [9.17, 15) is 34.2 Å². The molecule has 1 saturated carbocycles. The Kier molecular flexibility index (Phi) is 8.19. The molecule has 0 spiro atoms. The molecule has 0 bridgehead atoms. The average molecular weight is 580 g/mol. The summed E-state index contributed by atoms with van der Waals surface area (Å²) in [6.07, 6.45) is -0.0249. The third-order valence-electron chi connectivity index (χ3n) is 9.45. The number of benzene rings is 2. The minimum Gasteiger partial charge on any atom is -0.507 e. The van der Waals surface area contributed by atoms with Crippen LogP contribution in [0, 0.1) is 23.7 Å². The van der Waals surface area contributed by atoms with Crippen molar-refractivity contribution < 1.29 is 38.9 Å². The Morgan fingerprint density at radius 1 is 1.19 bits per heavy atom. The second-order valence-corrected chi connectivity index (χ2v) is 11.7. The van der Waals surface area contributed by atoms with Crippen LogP contribution in [-0.4, -0.2) is 95.5 Å². The lowest BCUT2D eigenvalue weighted by molar-refractivity contribution is -0.149. The van der Waals surface area contributed by atoms with Gasteiger partial charge in [0.2, 0.25) is 17.5 Å². The normalized spacial score (nSPS) is 24.5. The Morgan fingerprint density at radius 2 is 1.90 bits per heavy atom. The van der Waals surface area contributed by atoms with Crippen LogP contribution < -0.4 is 10.5 Å². The molecule has 11 nitrogen and oxygen atoms in total. The fourth-order valence-corrected chi connectivity index (χ4v) is 7.04. The van der Waals surface area contributed by atoms with Gasteiger partial charge in [0, 0.05) is 34.8 Å². The second kappa shape index (κ2) is 11.5. The van der Waals surface area contributed by atoms with Gasteiger partial charge in [-0.1, -0.05) is 19.1 Å². The molecule has 2 aromatic carbocycles. The van der Waals surface area contributed by atoms with Gasteiger partial charge in [-0.05, 0) is 63.5 Å². The lowest BCUT2D eigenvalue weighted by Gasteiger charge is -2.44. The lowest BCUT2D eigenvalue weighted by atomic mass is 9.61. The number of ketones is 3. The number of amides is 1. The van der Waals surface area contributed by atoms with Gasteiger partial charge in [0.25, 0.3) is 0 Å². The third-order valence-corrected chi connectivity index (χ3v) is 9.45. The number of nitrogens with zero attached hydrogens (tertiary/aromatic N) is 2. The molecular weight excluding hydrogens is 542 g/mol. The molecule has 5 rings (SSSR count). The molecule has 6 unspecified atom stereocenters. The number of nitrogens with two attached hydrogens (primary N) is 1. The summed E-state index contributed by atoms with van der Waals surface area (Å²) in [6, 6.07) is 4.60. The number of hydrogen-bond acceptors (Lipinski definition) is 10. The third kappa shape index (κ3) is 4.79. The quantitative estimate of drug-likeness (QED) is 0.209. The van der Waals surface area contributed by atoms with Crippen LogP contribution in [0.3, 0.4) is 0 Å². The predicted octanol–water partition coefficient (Wildman–Crippen LogP) is 0.871. The van der Waals surface area contributed by atoms with Gasteiger partial charge >= 0.3 is 0 Å². The van der Waals surface area contributed by atoms with E-state index < -0.39 is 59.1 Å². The number of likely N-dealkylation sites (tertiary alicyclic amines) is 1. The number of likely N-dealkylation sites (N-methyl/N-ethyl adjacent to an activating group) is 1. The average Bonchev–Trinajstić information content (AvgIpc) is 2.93. The highest BCUT2D eigenvalue weighted by atomic mass is 16.5. The minimum absolute atomic E-state index is 0.00157. The number of aromatic hydroxyl groups is 1. The molecule has 1 saturated heterocycles. The van der Waals surface area contributed by atoms with Crippen molar-refractivity contribution in [1.82, 2.24) is 9.80 Å². The summed E-state index contributed by atoms with van der Waals surface area (Å²) >= 11 is 0. The topological polar surface area (TPSA) is 168 Å². The van der Waals surface area contributed by atoms with E-state index in [0.717, 1.165) is 25.1 Å². The number of carbonyl (C=O) groups is 5. The van der Waals surface area contributed by atoms with Crippen LogP contribution in [0.2, 0.25) is 0 Å². The standard InChI is InChI=1S/C31H37N3O8/c1-4-33(2)24(26(37)21(14-35)31(32)41)20-12-16-11-19-23(28(39)22(16)29(40)27(20)38)25(36)18-10-15(13-34-8-5-9-34)6-7-17(18)30(19)42-3/h6-7,10,14,16,20-22,24,26,36-37H,4-5,8-9,11-13H2,1-3H3,(H2,32,41). The molecular formula is C31H37N3O8. The maximum atomic E-state index is 13.9. The van der Waals surface area contributed by atoms with Crippen molar-refractivity contribution in [3.8, 4) is 11.5 Å². The summed E-state index contributed by atoms with van der Waals surface area (Å²) in [7, 11) is 3.10. The van der Waals surface area contributed by atoms with Crippen molar-refractivity contribution >= 4 is 40.3 Å². The Morgan fingerprint density at radius 3 is 2.48 bits per heavy atom. The van der Waals surface area contributed by atoms with Gasteiger partial charge in [0.1, 0.15) is 23.7 Å². The van der Waals surface area contributed by atoms with E-state index in [2.05, 4.69) is 4.90 Å². The van der Waals surface area contributed by atoms with E-state index in [4.69, 9.17) is 10.5 Å². The van der Waals surface area contributed by atoms with Crippen molar-refractivity contribution in [2.24, 2.45) is 29.4 Å². The first-order chi connectivity index (χ1) is 20.0.